The van der Waals surface area contributed by atoms with Crippen LogP contribution in [0.3, 0.4) is 0 Å². The Hall–Kier alpha value is -3.16. The van der Waals surface area contributed by atoms with E-state index >= 15 is 0 Å². The number of pyridine rings is 2. The number of hydrogen-bond donors (Lipinski definition) is 0. The van der Waals surface area contributed by atoms with Crippen LogP contribution in [0.25, 0.3) is 11.6 Å². The molecular weight excluding hydrogens is 385 g/mol. The number of rotatable bonds is 5. The predicted octanol–water partition coefficient (Wildman–Crippen LogP) is 3.64. The van der Waals surface area contributed by atoms with Crippen LogP contribution in [0.5, 0.6) is 0 Å². The van der Waals surface area contributed by atoms with E-state index in [1.54, 1.807) is 11.1 Å². The molecule has 7 nitrogen and oxygen atoms in total. The van der Waals surface area contributed by atoms with Crippen LogP contribution in [0, 0.1) is 11.7 Å². The summed E-state index contributed by atoms with van der Waals surface area (Å²) in [6, 6.07) is 6.96. The number of carbonyl (C=O) groups is 1. The monoisotopic (exact) mass is 407 g/mol. The summed E-state index contributed by atoms with van der Waals surface area (Å²) in [6.07, 6.45) is 9.13. The molecule has 1 amide bonds. The second-order valence-electron chi connectivity index (χ2n) is 8.25. The number of amides is 1. The van der Waals surface area contributed by atoms with Gasteiger partial charge in [-0.2, -0.15) is 4.98 Å². The largest absolute Gasteiger partial charge is 0.338 e. The molecule has 0 N–H and O–H groups in total. The van der Waals surface area contributed by atoms with E-state index in [4.69, 9.17) is 4.52 Å². The molecule has 8 heteroatoms. The van der Waals surface area contributed by atoms with Gasteiger partial charge in [-0.25, -0.2) is 4.39 Å². The lowest BCUT2D eigenvalue weighted by Crippen LogP contribution is -2.49. The molecule has 2 aliphatic rings. The van der Waals surface area contributed by atoms with Crippen LogP contribution >= 0.6 is 0 Å². The van der Waals surface area contributed by atoms with Gasteiger partial charge in [0.2, 0.25) is 0 Å². The van der Waals surface area contributed by atoms with Crippen molar-refractivity contribution in [2.75, 3.05) is 13.1 Å². The highest BCUT2D eigenvalue weighted by molar-refractivity contribution is 5.94. The number of aromatic nitrogens is 4. The van der Waals surface area contributed by atoms with E-state index in [0.717, 1.165) is 25.5 Å². The Morgan fingerprint density at radius 1 is 1.27 bits per heavy atom. The van der Waals surface area contributed by atoms with Gasteiger partial charge in [-0.3, -0.25) is 14.8 Å². The summed E-state index contributed by atoms with van der Waals surface area (Å²) >= 11 is 0. The Labute approximate surface area is 173 Å². The first-order valence-corrected chi connectivity index (χ1v) is 10.3. The molecular formula is C22H22FN5O2. The Kier molecular flexibility index (Phi) is 4.77. The average Bonchev–Trinajstić information content (AvgIpc) is 3.44. The van der Waals surface area contributed by atoms with Gasteiger partial charge in [-0.15, -0.1) is 0 Å². The summed E-state index contributed by atoms with van der Waals surface area (Å²) in [5.74, 6) is 0.683. The molecule has 0 aromatic carbocycles. The molecule has 4 heterocycles. The SMILES string of the molecule is O=C(c1ccncc1F)N1CCCC(CC2CC2)(c2noc(-c3ccccn3)n2)C1. The van der Waals surface area contributed by atoms with Crippen molar-refractivity contribution >= 4 is 5.91 Å². The van der Waals surface area contributed by atoms with Gasteiger partial charge in [0.1, 0.15) is 5.69 Å². The third-order valence-corrected chi connectivity index (χ3v) is 6.03. The molecule has 1 saturated carbocycles. The molecule has 0 bridgehead atoms. The number of nitrogens with zero attached hydrogens (tertiary/aromatic N) is 5. The minimum absolute atomic E-state index is 0.0505. The summed E-state index contributed by atoms with van der Waals surface area (Å²) in [6.45, 7) is 1.03. The quantitative estimate of drug-likeness (QED) is 0.642. The highest BCUT2D eigenvalue weighted by atomic mass is 19.1. The van der Waals surface area contributed by atoms with E-state index in [9.17, 15) is 9.18 Å². The zero-order valence-electron chi connectivity index (χ0n) is 16.5. The van der Waals surface area contributed by atoms with Crippen LogP contribution in [0.1, 0.15) is 48.3 Å². The van der Waals surface area contributed by atoms with E-state index in [-0.39, 0.29) is 11.5 Å². The summed E-state index contributed by atoms with van der Waals surface area (Å²) in [4.78, 5) is 27.5. The number of likely N-dealkylation sites (tertiary alicyclic amines) is 1. The number of halogens is 1. The Morgan fingerprint density at radius 2 is 2.17 bits per heavy atom. The van der Waals surface area contributed by atoms with Crippen molar-refractivity contribution in [3.8, 4) is 11.6 Å². The average molecular weight is 407 g/mol. The van der Waals surface area contributed by atoms with Gasteiger partial charge in [0.15, 0.2) is 11.6 Å². The maximum Gasteiger partial charge on any atom is 0.276 e. The maximum atomic E-state index is 14.2. The molecule has 30 heavy (non-hydrogen) atoms. The fourth-order valence-electron chi connectivity index (χ4n) is 4.37. The van der Waals surface area contributed by atoms with Crippen LogP contribution in [-0.2, 0) is 5.41 Å². The Balaban J connectivity index is 1.46. The molecule has 3 aromatic heterocycles. The van der Waals surface area contributed by atoms with Crippen molar-refractivity contribution in [3.63, 3.8) is 0 Å². The lowest BCUT2D eigenvalue weighted by Gasteiger charge is -2.41. The zero-order chi connectivity index (χ0) is 20.6. The molecule has 1 aliphatic carbocycles. The smallest absolute Gasteiger partial charge is 0.276 e. The van der Waals surface area contributed by atoms with Gasteiger partial charge in [-0.05, 0) is 43.4 Å². The van der Waals surface area contributed by atoms with Crippen molar-refractivity contribution in [2.45, 2.75) is 37.5 Å². The molecule has 154 valence electrons. The normalized spacial score (nSPS) is 21.6. The highest BCUT2D eigenvalue weighted by Crippen LogP contribution is 2.46. The van der Waals surface area contributed by atoms with Gasteiger partial charge < -0.3 is 9.42 Å². The van der Waals surface area contributed by atoms with Crippen molar-refractivity contribution < 1.29 is 13.7 Å². The van der Waals surface area contributed by atoms with E-state index in [1.807, 2.05) is 18.2 Å². The van der Waals surface area contributed by atoms with Gasteiger partial charge >= 0.3 is 0 Å². The number of carbonyl (C=O) groups excluding carboxylic acids is 1. The van der Waals surface area contributed by atoms with Gasteiger partial charge in [0.05, 0.1) is 17.2 Å². The van der Waals surface area contributed by atoms with Crippen LogP contribution in [-0.4, -0.2) is 44.0 Å². The third-order valence-electron chi connectivity index (χ3n) is 6.03. The third kappa shape index (κ3) is 3.58. The fourth-order valence-corrected chi connectivity index (χ4v) is 4.37. The molecule has 1 atom stereocenters. The van der Waals surface area contributed by atoms with Crippen molar-refractivity contribution in [1.29, 1.82) is 0 Å². The Bertz CT molecular complexity index is 1050. The van der Waals surface area contributed by atoms with Gasteiger partial charge in [-0.1, -0.05) is 24.1 Å². The molecule has 1 aliphatic heterocycles. The molecule has 0 radical (unpaired) electrons. The standard InChI is InChI=1S/C22H22FN5O2/c23-17-13-24-10-7-16(17)20(29)28-11-3-8-22(14-28,12-15-5-6-15)21-26-19(30-27-21)18-4-1-2-9-25-18/h1-2,4,7,9-10,13,15H,3,5-6,8,11-12,14H2. The minimum Gasteiger partial charge on any atom is -0.338 e. The predicted molar refractivity (Wildman–Crippen MR) is 106 cm³/mol. The molecule has 5 rings (SSSR count). The number of piperidine rings is 1. The first-order valence-electron chi connectivity index (χ1n) is 10.3. The summed E-state index contributed by atoms with van der Waals surface area (Å²) < 4.78 is 19.7. The first kappa shape index (κ1) is 18.8. The fraction of sp³-hybridized carbons (Fsp3) is 0.409. The van der Waals surface area contributed by atoms with Gasteiger partial charge in [0.25, 0.3) is 11.8 Å². The second-order valence-corrected chi connectivity index (χ2v) is 8.25. The lowest BCUT2D eigenvalue weighted by molar-refractivity contribution is 0.0602. The van der Waals surface area contributed by atoms with Gasteiger partial charge in [0, 0.05) is 25.5 Å². The van der Waals surface area contributed by atoms with Crippen LogP contribution < -0.4 is 0 Å². The highest BCUT2D eigenvalue weighted by Gasteiger charge is 2.46. The van der Waals surface area contributed by atoms with Crippen molar-refractivity contribution in [2.24, 2.45) is 5.92 Å². The molecule has 1 saturated heterocycles. The Morgan fingerprint density at radius 3 is 2.93 bits per heavy atom. The first-order chi connectivity index (χ1) is 14.6. The van der Waals surface area contributed by atoms with E-state index in [1.165, 1.54) is 25.1 Å². The van der Waals surface area contributed by atoms with Crippen molar-refractivity contribution in [3.05, 3.63) is 60.1 Å². The summed E-state index contributed by atoms with van der Waals surface area (Å²) in [7, 11) is 0. The summed E-state index contributed by atoms with van der Waals surface area (Å²) in [5, 5.41) is 4.31. The van der Waals surface area contributed by atoms with Crippen molar-refractivity contribution in [1.82, 2.24) is 25.0 Å². The minimum atomic E-state index is -0.599. The van der Waals surface area contributed by atoms with Crippen LogP contribution in [0.4, 0.5) is 4.39 Å². The van der Waals surface area contributed by atoms with E-state index < -0.39 is 11.2 Å². The van der Waals surface area contributed by atoms with Crippen LogP contribution in [0.15, 0.2) is 47.4 Å². The maximum absolute atomic E-state index is 14.2. The summed E-state index contributed by atoms with van der Waals surface area (Å²) in [5.41, 5.74) is 0.282. The molecule has 0 spiro atoms. The molecule has 1 unspecified atom stereocenters. The molecule has 2 fully saturated rings. The van der Waals surface area contributed by atoms with E-state index in [0.29, 0.717) is 36.4 Å². The lowest BCUT2D eigenvalue weighted by atomic mass is 9.74. The zero-order valence-corrected chi connectivity index (χ0v) is 16.5. The van der Waals surface area contributed by atoms with Crippen LogP contribution in [0.2, 0.25) is 0 Å². The van der Waals surface area contributed by atoms with E-state index in [2.05, 4.69) is 20.1 Å². The number of hydrogen-bond acceptors (Lipinski definition) is 6. The topological polar surface area (TPSA) is 85.0 Å². The molecule has 3 aromatic rings. The second kappa shape index (κ2) is 7.59.